The molecule has 1 aliphatic rings. The van der Waals surface area contributed by atoms with Gasteiger partial charge in [0.1, 0.15) is 17.0 Å². The molecule has 8 heteroatoms. The van der Waals surface area contributed by atoms with E-state index in [0.717, 1.165) is 17.5 Å². The van der Waals surface area contributed by atoms with E-state index in [0.29, 0.717) is 42.0 Å². The Labute approximate surface area is 161 Å². The van der Waals surface area contributed by atoms with Gasteiger partial charge in [0, 0.05) is 19.7 Å². The molecule has 0 aliphatic carbocycles. The molecule has 7 nitrogen and oxygen atoms in total. The van der Waals surface area contributed by atoms with Crippen molar-refractivity contribution in [2.24, 2.45) is 0 Å². The van der Waals surface area contributed by atoms with E-state index in [9.17, 15) is 4.79 Å². The van der Waals surface area contributed by atoms with E-state index in [1.54, 1.807) is 18.0 Å². The number of carbonyl (C=O) groups is 1. The third-order valence-electron chi connectivity index (χ3n) is 4.39. The number of aromatic amines is 1. The largest absolute Gasteiger partial charge is 0.471 e. The number of benzene rings is 1. The number of ether oxygens (including phenoxy) is 2. The topological polar surface area (TPSA) is 80.3 Å². The molecule has 1 saturated heterocycles. The summed E-state index contributed by atoms with van der Waals surface area (Å²) < 4.78 is 11.0. The van der Waals surface area contributed by atoms with Crippen LogP contribution in [0.15, 0.2) is 36.5 Å². The first-order chi connectivity index (χ1) is 13.1. The molecule has 140 valence electrons. The van der Waals surface area contributed by atoms with Crippen molar-refractivity contribution in [3.8, 4) is 5.88 Å². The van der Waals surface area contributed by atoms with Crippen LogP contribution in [0.3, 0.4) is 0 Å². The van der Waals surface area contributed by atoms with Gasteiger partial charge in [-0.1, -0.05) is 23.7 Å². The third kappa shape index (κ3) is 3.89. The lowest BCUT2D eigenvalue weighted by atomic mass is 10.2. The first-order valence-electron chi connectivity index (χ1n) is 8.69. The molecule has 1 atom stereocenters. The van der Waals surface area contributed by atoms with Gasteiger partial charge in [-0.15, -0.1) is 0 Å². The molecule has 1 amide bonds. The zero-order chi connectivity index (χ0) is 18.8. The summed E-state index contributed by atoms with van der Waals surface area (Å²) in [5.74, 6) is 0.844. The van der Waals surface area contributed by atoms with Gasteiger partial charge in [0.25, 0.3) is 5.91 Å². The Morgan fingerprint density at radius 2 is 2.30 bits per heavy atom. The minimum Gasteiger partial charge on any atom is -0.471 e. The zero-order valence-corrected chi connectivity index (χ0v) is 15.6. The molecule has 0 radical (unpaired) electrons. The molecule has 3 heterocycles. The standard InChI is InChI=1S/C19H19ClN4O3/c1-24(10-17-22-15-4-2-3-5-16(15)23-17)19(25)12-8-14(20)18(21-9-12)27-13-6-7-26-11-13/h2-5,8-9,13H,6-7,10-11H2,1H3,(H,22,23)/t13-/m0/s1. The number of aromatic nitrogens is 3. The van der Waals surface area contributed by atoms with Crippen molar-refractivity contribution in [2.45, 2.75) is 19.1 Å². The molecule has 0 bridgehead atoms. The number of nitrogens with zero attached hydrogens (tertiary/aromatic N) is 3. The van der Waals surface area contributed by atoms with Crippen molar-refractivity contribution in [1.82, 2.24) is 19.9 Å². The number of carbonyl (C=O) groups excluding carboxylic acids is 1. The van der Waals surface area contributed by atoms with Crippen molar-refractivity contribution >= 4 is 28.5 Å². The van der Waals surface area contributed by atoms with E-state index in [4.69, 9.17) is 21.1 Å². The molecular weight excluding hydrogens is 368 g/mol. The summed E-state index contributed by atoms with van der Waals surface area (Å²) in [7, 11) is 1.71. The van der Waals surface area contributed by atoms with Crippen LogP contribution in [0.1, 0.15) is 22.6 Å². The van der Waals surface area contributed by atoms with Crippen molar-refractivity contribution in [1.29, 1.82) is 0 Å². The molecule has 4 rings (SSSR count). The second-order valence-corrected chi connectivity index (χ2v) is 6.88. The highest BCUT2D eigenvalue weighted by molar-refractivity contribution is 6.32. The van der Waals surface area contributed by atoms with Gasteiger partial charge in [-0.3, -0.25) is 4.79 Å². The maximum absolute atomic E-state index is 12.7. The van der Waals surface area contributed by atoms with Crippen molar-refractivity contribution in [2.75, 3.05) is 20.3 Å². The number of amides is 1. The van der Waals surface area contributed by atoms with Gasteiger partial charge < -0.3 is 19.4 Å². The van der Waals surface area contributed by atoms with Crippen LogP contribution in [0.25, 0.3) is 11.0 Å². The Morgan fingerprint density at radius 3 is 3.04 bits per heavy atom. The fourth-order valence-electron chi connectivity index (χ4n) is 2.99. The second kappa shape index (κ2) is 7.54. The lowest BCUT2D eigenvalue weighted by Crippen LogP contribution is -2.27. The number of hydrogen-bond acceptors (Lipinski definition) is 5. The minimum atomic E-state index is -0.194. The molecule has 0 unspecified atom stereocenters. The summed E-state index contributed by atoms with van der Waals surface area (Å²) in [6, 6.07) is 9.32. The average molecular weight is 387 g/mol. The third-order valence-corrected chi connectivity index (χ3v) is 4.66. The van der Waals surface area contributed by atoms with Crippen molar-refractivity contribution < 1.29 is 14.3 Å². The SMILES string of the molecule is CN(Cc1nc2ccccc2[nH]1)C(=O)c1cnc(O[C@H]2CCOC2)c(Cl)c1. The second-order valence-electron chi connectivity index (χ2n) is 6.48. The normalized spacial score (nSPS) is 16.6. The molecule has 2 aromatic heterocycles. The number of fused-ring (bicyclic) bond motifs is 1. The molecule has 27 heavy (non-hydrogen) atoms. The average Bonchev–Trinajstić information content (AvgIpc) is 3.31. The Hall–Kier alpha value is -2.64. The summed E-state index contributed by atoms with van der Waals surface area (Å²) in [4.78, 5) is 26.2. The fraction of sp³-hybridized carbons (Fsp3) is 0.316. The van der Waals surface area contributed by atoms with Gasteiger partial charge in [-0.05, 0) is 18.2 Å². The number of halogens is 1. The fourth-order valence-corrected chi connectivity index (χ4v) is 3.20. The molecular formula is C19H19ClN4O3. The van der Waals surface area contributed by atoms with Crippen LogP contribution in [-0.2, 0) is 11.3 Å². The Kier molecular flexibility index (Phi) is 4.96. The monoisotopic (exact) mass is 386 g/mol. The van der Waals surface area contributed by atoms with Gasteiger partial charge >= 0.3 is 0 Å². The van der Waals surface area contributed by atoms with E-state index >= 15 is 0 Å². The molecule has 0 spiro atoms. The highest BCUT2D eigenvalue weighted by atomic mass is 35.5. The van der Waals surface area contributed by atoms with Gasteiger partial charge in [0.2, 0.25) is 5.88 Å². The summed E-state index contributed by atoms with van der Waals surface area (Å²) in [6.45, 7) is 1.55. The van der Waals surface area contributed by atoms with Crippen LogP contribution in [0.5, 0.6) is 5.88 Å². The van der Waals surface area contributed by atoms with E-state index in [-0.39, 0.29) is 12.0 Å². The number of imidazole rings is 1. The first kappa shape index (κ1) is 17.8. The summed E-state index contributed by atoms with van der Waals surface area (Å²) in [6.07, 6.45) is 2.24. The van der Waals surface area contributed by atoms with Crippen LogP contribution >= 0.6 is 11.6 Å². The minimum absolute atomic E-state index is 0.0488. The van der Waals surface area contributed by atoms with E-state index in [1.807, 2.05) is 24.3 Å². The predicted octanol–water partition coefficient (Wildman–Crippen LogP) is 3.05. The molecule has 3 aromatic rings. The van der Waals surface area contributed by atoms with Gasteiger partial charge in [-0.2, -0.15) is 0 Å². The van der Waals surface area contributed by atoms with Gasteiger partial charge in [0.05, 0.1) is 36.4 Å². The van der Waals surface area contributed by atoms with Crippen molar-refractivity contribution in [3.63, 3.8) is 0 Å². The maximum Gasteiger partial charge on any atom is 0.255 e. The van der Waals surface area contributed by atoms with Crippen molar-refractivity contribution in [3.05, 3.63) is 52.9 Å². The molecule has 1 aliphatic heterocycles. The smallest absolute Gasteiger partial charge is 0.255 e. The van der Waals surface area contributed by atoms with E-state index in [1.165, 1.54) is 6.20 Å². The zero-order valence-electron chi connectivity index (χ0n) is 14.8. The number of H-pyrrole nitrogens is 1. The number of nitrogens with one attached hydrogen (secondary N) is 1. The van der Waals surface area contributed by atoms with Gasteiger partial charge in [-0.25, -0.2) is 9.97 Å². The Bertz CT molecular complexity index is 935. The number of para-hydroxylation sites is 2. The van der Waals surface area contributed by atoms with Crippen LogP contribution < -0.4 is 4.74 Å². The Morgan fingerprint density at radius 1 is 1.44 bits per heavy atom. The lowest BCUT2D eigenvalue weighted by Gasteiger charge is -2.17. The predicted molar refractivity (Wildman–Crippen MR) is 101 cm³/mol. The molecule has 1 fully saturated rings. The highest BCUT2D eigenvalue weighted by Crippen LogP contribution is 2.25. The lowest BCUT2D eigenvalue weighted by molar-refractivity contribution is 0.0781. The Balaban J connectivity index is 1.45. The first-order valence-corrected chi connectivity index (χ1v) is 9.07. The van der Waals surface area contributed by atoms with Crippen LogP contribution in [0.2, 0.25) is 5.02 Å². The highest BCUT2D eigenvalue weighted by Gasteiger charge is 2.21. The summed E-state index contributed by atoms with van der Waals surface area (Å²) in [5.41, 5.74) is 2.21. The van der Waals surface area contributed by atoms with Gasteiger partial charge in [0.15, 0.2) is 0 Å². The maximum atomic E-state index is 12.7. The number of rotatable bonds is 5. The quantitative estimate of drug-likeness (QED) is 0.729. The number of hydrogen-bond donors (Lipinski definition) is 1. The number of pyridine rings is 1. The van der Waals surface area contributed by atoms with E-state index < -0.39 is 0 Å². The summed E-state index contributed by atoms with van der Waals surface area (Å²) >= 11 is 6.25. The summed E-state index contributed by atoms with van der Waals surface area (Å²) in [5, 5.41) is 0.310. The van der Waals surface area contributed by atoms with Crippen LogP contribution in [-0.4, -0.2) is 52.1 Å². The molecule has 1 N–H and O–H groups in total. The van der Waals surface area contributed by atoms with E-state index in [2.05, 4.69) is 15.0 Å². The molecule has 1 aromatic carbocycles. The molecule has 0 saturated carbocycles. The van der Waals surface area contributed by atoms with Crippen LogP contribution in [0, 0.1) is 0 Å². The van der Waals surface area contributed by atoms with Crippen LogP contribution in [0.4, 0.5) is 0 Å².